The van der Waals surface area contributed by atoms with Gasteiger partial charge in [-0.2, -0.15) is 5.26 Å². The summed E-state index contributed by atoms with van der Waals surface area (Å²) in [6, 6.07) is 1.93. The quantitative estimate of drug-likeness (QED) is 0.506. The van der Waals surface area contributed by atoms with Gasteiger partial charge in [0.15, 0.2) is 0 Å². The summed E-state index contributed by atoms with van der Waals surface area (Å²) in [5.74, 6) is 0.0926. The molecule has 0 spiro atoms. The lowest BCUT2D eigenvalue weighted by atomic mass is 10.6. The van der Waals surface area contributed by atoms with E-state index in [9.17, 15) is 4.79 Å². The average molecular weight is 142 g/mol. The van der Waals surface area contributed by atoms with E-state index in [1.165, 1.54) is 11.8 Å². The lowest BCUT2D eigenvalue weighted by Gasteiger charge is -2.02. The number of carbonyl (C=O) groups excluding carboxylic acids is 1. The first kappa shape index (κ1) is 11.7. The maximum absolute atomic E-state index is 10.1. The maximum Gasteiger partial charge on any atom is 0.218 e. The molecule has 0 unspecified atom stereocenters. The minimum Gasteiger partial charge on any atom is -0.349 e. The van der Waals surface area contributed by atoms with E-state index in [1.54, 1.807) is 14.1 Å². The summed E-state index contributed by atoms with van der Waals surface area (Å²) < 4.78 is 0. The number of amides is 1. The van der Waals surface area contributed by atoms with E-state index >= 15 is 0 Å². The van der Waals surface area contributed by atoms with Gasteiger partial charge in [-0.25, -0.2) is 0 Å². The monoisotopic (exact) mass is 142 g/mol. The second-order valence-corrected chi connectivity index (χ2v) is 1.93. The fraction of sp³-hybridized carbons (Fsp3) is 0.714. The van der Waals surface area contributed by atoms with Crippen LogP contribution >= 0.6 is 0 Å². The van der Waals surface area contributed by atoms with Crippen LogP contribution in [0.25, 0.3) is 0 Å². The smallest absolute Gasteiger partial charge is 0.218 e. The Morgan fingerprint density at radius 3 is 1.80 bits per heavy atom. The van der Waals surface area contributed by atoms with Crippen LogP contribution in [0.4, 0.5) is 0 Å². The number of hydrogen-bond acceptors (Lipinski definition) is 2. The predicted molar refractivity (Wildman–Crippen MR) is 40.3 cm³/mol. The molecular weight excluding hydrogens is 128 g/mol. The van der Waals surface area contributed by atoms with Gasteiger partial charge in [-0.05, 0) is 0 Å². The van der Waals surface area contributed by atoms with Crippen LogP contribution in [0.5, 0.6) is 0 Å². The van der Waals surface area contributed by atoms with E-state index in [1.807, 2.05) is 13.0 Å². The Balaban J connectivity index is 0. The highest BCUT2D eigenvalue weighted by Crippen LogP contribution is 1.69. The van der Waals surface area contributed by atoms with Crippen LogP contribution in [-0.2, 0) is 4.79 Å². The van der Waals surface area contributed by atoms with Gasteiger partial charge in [0.1, 0.15) is 0 Å². The summed E-state index contributed by atoms with van der Waals surface area (Å²) in [5, 5.41) is 7.62. The highest BCUT2D eigenvalue weighted by molar-refractivity contribution is 5.72. The highest BCUT2D eigenvalue weighted by atomic mass is 16.2. The van der Waals surface area contributed by atoms with Crippen molar-refractivity contribution in [2.45, 2.75) is 20.3 Å². The molecule has 1 amide bonds. The van der Waals surface area contributed by atoms with Gasteiger partial charge in [-0.1, -0.05) is 6.92 Å². The summed E-state index contributed by atoms with van der Waals surface area (Å²) in [6.45, 7) is 3.35. The normalized spacial score (nSPS) is 6.70. The Morgan fingerprint density at radius 2 is 1.80 bits per heavy atom. The van der Waals surface area contributed by atoms with Gasteiger partial charge in [0.25, 0.3) is 0 Å². The summed E-state index contributed by atoms with van der Waals surface area (Å²) >= 11 is 0. The number of rotatable bonds is 0. The van der Waals surface area contributed by atoms with Crippen LogP contribution in [-0.4, -0.2) is 24.9 Å². The molecule has 0 aromatic carbocycles. The SMILES string of the molecule is CC(=O)N(C)C.CCC#N. The average Bonchev–Trinajstić information content (AvgIpc) is 1.89. The molecule has 0 N–H and O–H groups in total. The second-order valence-electron chi connectivity index (χ2n) is 1.93. The third kappa shape index (κ3) is 15.8. The molecule has 0 saturated heterocycles. The molecule has 0 aromatic rings. The zero-order valence-electron chi connectivity index (χ0n) is 7.01. The molecule has 0 aliphatic rings. The fourth-order valence-electron chi connectivity index (χ4n) is 0. The highest BCUT2D eigenvalue weighted by Gasteiger charge is 1.87. The Hall–Kier alpha value is -1.04. The van der Waals surface area contributed by atoms with Crippen molar-refractivity contribution in [2.24, 2.45) is 0 Å². The van der Waals surface area contributed by atoms with Crippen molar-refractivity contribution in [3.8, 4) is 6.07 Å². The van der Waals surface area contributed by atoms with Crippen molar-refractivity contribution >= 4 is 5.91 Å². The predicted octanol–water partition coefficient (Wildman–Crippen LogP) is 1.01. The number of nitrogens with zero attached hydrogens (tertiary/aromatic N) is 2. The first-order valence-corrected chi connectivity index (χ1v) is 3.11. The van der Waals surface area contributed by atoms with Crippen molar-refractivity contribution in [3.05, 3.63) is 0 Å². The molecule has 0 aromatic heterocycles. The molecular formula is C7H14N2O. The van der Waals surface area contributed by atoms with E-state index in [4.69, 9.17) is 5.26 Å². The van der Waals surface area contributed by atoms with E-state index < -0.39 is 0 Å². The number of carbonyl (C=O) groups is 1. The zero-order valence-corrected chi connectivity index (χ0v) is 7.01. The van der Waals surface area contributed by atoms with Crippen LogP contribution < -0.4 is 0 Å². The lowest BCUT2D eigenvalue weighted by molar-refractivity contribution is -0.126. The van der Waals surface area contributed by atoms with Crippen molar-refractivity contribution in [1.82, 2.24) is 4.90 Å². The van der Waals surface area contributed by atoms with Gasteiger partial charge < -0.3 is 4.90 Å². The van der Waals surface area contributed by atoms with Crippen LogP contribution in [0, 0.1) is 11.3 Å². The molecule has 58 valence electrons. The molecule has 3 nitrogen and oxygen atoms in total. The van der Waals surface area contributed by atoms with Crippen LogP contribution in [0.2, 0.25) is 0 Å². The third-order valence-corrected chi connectivity index (χ3v) is 0.788. The van der Waals surface area contributed by atoms with Gasteiger partial charge in [-0.3, -0.25) is 4.79 Å². The fourth-order valence-corrected chi connectivity index (χ4v) is 0. The van der Waals surface area contributed by atoms with Gasteiger partial charge in [0.05, 0.1) is 6.07 Å². The van der Waals surface area contributed by atoms with Gasteiger partial charge in [-0.15, -0.1) is 0 Å². The van der Waals surface area contributed by atoms with Crippen molar-refractivity contribution < 1.29 is 4.79 Å². The lowest BCUT2D eigenvalue weighted by Crippen LogP contribution is -2.17. The minimum atomic E-state index is 0.0926. The van der Waals surface area contributed by atoms with Crippen molar-refractivity contribution in [1.29, 1.82) is 5.26 Å². The first-order chi connectivity index (χ1) is 4.56. The minimum absolute atomic E-state index is 0.0926. The molecule has 0 saturated carbocycles. The molecule has 0 bridgehead atoms. The van der Waals surface area contributed by atoms with Gasteiger partial charge in [0, 0.05) is 27.4 Å². The van der Waals surface area contributed by atoms with Crippen molar-refractivity contribution in [2.75, 3.05) is 14.1 Å². The topological polar surface area (TPSA) is 44.1 Å². The summed E-state index contributed by atoms with van der Waals surface area (Å²) in [6.07, 6.45) is 0.625. The van der Waals surface area contributed by atoms with Crippen LogP contribution in [0.1, 0.15) is 20.3 Å². The first-order valence-electron chi connectivity index (χ1n) is 3.11. The van der Waals surface area contributed by atoms with E-state index in [-0.39, 0.29) is 5.91 Å². The van der Waals surface area contributed by atoms with Gasteiger partial charge >= 0.3 is 0 Å². The van der Waals surface area contributed by atoms with Gasteiger partial charge in [0.2, 0.25) is 5.91 Å². The molecule has 3 heteroatoms. The molecule has 10 heavy (non-hydrogen) atoms. The molecule has 0 aliphatic heterocycles. The molecule has 0 radical (unpaired) electrons. The zero-order chi connectivity index (χ0) is 8.57. The summed E-state index contributed by atoms with van der Waals surface area (Å²) in [7, 11) is 3.45. The van der Waals surface area contributed by atoms with Crippen LogP contribution in [0.3, 0.4) is 0 Å². The maximum atomic E-state index is 10.1. The standard InChI is InChI=1S/C4H9NO.C3H5N/c1-4(6)5(2)3;1-2-3-4/h1-3H3;2H2,1H3. The number of nitriles is 1. The van der Waals surface area contributed by atoms with Crippen LogP contribution in [0.15, 0.2) is 0 Å². The third-order valence-electron chi connectivity index (χ3n) is 0.788. The Morgan fingerprint density at radius 1 is 1.60 bits per heavy atom. The summed E-state index contributed by atoms with van der Waals surface area (Å²) in [5.41, 5.74) is 0. The largest absolute Gasteiger partial charge is 0.349 e. The summed E-state index contributed by atoms with van der Waals surface area (Å²) in [4.78, 5) is 11.6. The Bertz CT molecular complexity index is 124. The molecule has 0 atom stereocenters. The molecule has 0 heterocycles. The van der Waals surface area contributed by atoms with Crippen molar-refractivity contribution in [3.63, 3.8) is 0 Å². The number of hydrogen-bond donors (Lipinski definition) is 0. The molecule has 0 rings (SSSR count). The second kappa shape index (κ2) is 7.96. The molecule has 0 aliphatic carbocycles. The Kier molecular flexibility index (Phi) is 9.33. The molecule has 0 fully saturated rings. The Labute approximate surface area is 62.2 Å². The van der Waals surface area contributed by atoms with E-state index in [2.05, 4.69) is 0 Å². The van der Waals surface area contributed by atoms with E-state index in [0.717, 1.165) is 0 Å². The van der Waals surface area contributed by atoms with E-state index in [0.29, 0.717) is 6.42 Å².